The van der Waals surface area contributed by atoms with Crippen molar-refractivity contribution in [1.29, 1.82) is 0 Å². The normalized spacial score (nSPS) is 12.2. The molecule has 1 atom stereocenters. The van der Waals surface area contributed by atoms with E-state index in [0.29, 0.717) is 23.0 Å². The van der Waals surface area contributed by atoms with E-state index >= 15 is 0 Å². The first-order valence-corrected chi connectivity index (χ1v) is 12.7. The number of hydrogen-bond acceptors (Lipinski definition) is 8. The van der Waals surface area contributed by atoms with E-state index < -0.39 is 11.7 Å². The van der Waals surface area contributed by atoms with Gasteiger partial charge in [-0.25, -0.2) is 14.8 Å². The molecule has 194 valence electrons. The monoisotopic (exact) mass is 520 g/mol. The number of methoxy groups -OCH3 is 2. The first-order valence-electron chi connectivity index (χ1n) is 11.9. The summed E-state index contributed by atoms with van der Waals surface area (Å²) in [5.41, 5.74) is 1.99. The van der Waals surface area contributed by atoms with Crippen LogP contribution in [0.4, 0.5) is 16.3 Å². The third-order valence-corrected chi connectivity index (χ3v) is 6.85. The maximum Gasteiger partial charge on any atom is 0.412 e. The molecule has 2 aromatic carbocycles. The lowest BCUT2D eigenvalue weighted by Crippen LogP contribution is -2.27. The smallest absolute Gasteiger partial charge is 0.412 e. The van der Waals surface area contributed by atoms with Crippen molar-refractivity contribution >= 4 is 39.8 Å². The van der Waals surface area contributed by atoms with Crippen molar-refractivity contribution in [2.75, 3.05) is 24.9 Å². The lowest BCUT2D eigenvalue weighted by Gasteiger charge is -2.19. The molecule has 0 saturated heterocycles. The summed E-state index contributed by atoms with van der Waals surface area (Å²) in [4.78, 5) is 23.5. The number of benzene rings is 2. The standard InChI is InChI=1S/C28H32N4O4S/c1-16(29-26-20-14-22(34-6)23(35-7)15-21(20)30-17(2)31-26)24-12-13-25(37-24)18-8-10-19(11-9-18)32-27(33)36-28(3,4)5/h8-16H,1-7H3,(H,32,33)(H,29,30,31). The second-order valence-electron chi connectivity index (χ2n) is 9.62. The van der Waals surface area contributed by atoms with E-state index in [9.17, 15) is 4.79 Å². The van der Waals surface area contributed by atoms with Gasteiger partial charge in [-0.2, -0.15) is 0 Å². The number of carbonyl (C=O) groups excluding carboxylic acids is 1. The molecule has 37 heavy (non-hydrogen) atoms. The average molecular weight is 521 g/mol. The van der Waals surface area contributed by atoms with Crippen LogP contribution in [-0.2, 0) is 4.74 Å². The molecule has 2 aromatic heterocycles. The Morgan fingerprint density at radius 2 is 1.65 bits per heavy atom. The van der Waals surface area contributed by atoms with Gasteiger partial charge in [0.1, 0.15) is 17.2 Å². The van der Waals surface area contributed by atoms with E-state index in [1.165, 1.54) is 0 Å². The quantitative estimate of drug-likeness (QED) is 0.266. The molecular weight excluding hydrogens is 488 g/mol. The number of rotatable bonds is 7. The van der Waals surface area contributed by atoms with Gasteiger partial charge >= 0.3 is 6.09 Å². The fraction of sp³-hybridized carbons (Fsp3) is 0.321. The molecule has 0 fully saturated rings. The molecule has 0 saturated carbocycles. The van der Waals surface area contributed by atoms with E-state index in [4.69, 9.17) is 14.2 Å². The third kappa shape index (κ3) is 6.29. The number of anilines is 2. The van der Waals surface area contributed by atoms with Gasteiger partial charge in [0.2, 0.25) is 0 Å². The molecule has 0 aliphatic carbocycles. The number of amides is 1. The molecule has 1 unspecified atom stereocenters. The van der Waals surface area contributed by atoms with Crippen LogP contribution in [0.15, 0.2) is 48.5 Å². The summed E-state index contributed by atoms with van der Waals surface area (Å²) in [6.07, 6.45) is -0.470. The zero-order valence-corrected chi connectivity index (χ0v) is 22.9. The highest BCUT2D eigenvalue weighted by Gasteiger charge is 2.17. The Morgan fingerprint density at radius 1 is 0.973 bits per heavy atom. The number of nitrogens with one attached hydrogen (secondary N) is 2. The minimum Gasteiger partial charge on any atom is -0.493 e. The zero-order valence-electron chi connectivity index (χ0n) is 22.1. The van der Waals surface area contributed by atoms with Crippen LogP contribution in [0.5, 0.6) is 11.5 Å². The molecule has 2 heterocycles. The third-order valence-electron chi connectivity index (χ3n) is 5.53. The number of aryl methyl sites for hydroxylation is 1. The minimum absolute atomic E-state index is 0.0115. The molecule has 2 N–H and O–H groups in total. The Balaban J connectivity index is 1.51. The average Bonchev–Trinajstić information content (AvgIpc) is 3.33. The number of nitrogens with zero attached hydrogens (tertiary/aromatic N) is 2. The van der Waals surface area contributed by atoms with Crippen LogP contribution in [0, 0.1) is 6.92 Å². The fourth-order valence-corrected chi connectivity index (χ4v) is 4.85. The van der Waals surface area contributed by atoms with E-state index in [2.05, 4.69) is 39.7 Å². The van der Waals surface area contributed by atoms with Gasteiger partial charge in [-0.3, -0.25) is 5.32 Å². The molecule has 0 aliphatic heterocycles. The van der Waals surface area contributed by atoms with Crippen LogP contribution in [0.25, 0.3) is 21.3 Å². The van der Waals surface area contributed by atoms with Gasteiger partial charge in [-0.15, -0.1) is 11.3 Å². The maximum atomic E-state index is 12.0. The number of hydrogen-bond donors (Lipinski definition) is 2. The second-order valence-corrected chi connectivity index (χ2v) is 10.7. The van der Waals surface area contributed by atoms with Gasteiger partial charge in [0.25, 0.3) is 0 Å². The predicted octanol–water partition coefficient (Wildman–Crippen LogP) is 7.20. The first kappa shape index (κ1) is 26.2. The molecule has 4 aromatic rings. The van der Waals surface area contributed by atoms with Gasteiger partial charge in [0.15, 0.2) is 11.5 Å². The molecule has 0 bridgehead atoms. The lowest BCUT2D eigenvalue weighted by molar-refractivity contribution is 0.0636. The van der Waals surface area contributed by atoms with Crippen molar-refractivity contribution in [3.8, 4) is 21.9 Å². The number of carbonyl (C=O) groups is 1. The molecule has 9 heteroatoms. The van der Waals surface area contributed by atoms with Crippen molar-refractivity contribution in [2.24, 2.45) is 0 Å². The van der Waals surface area contributed by atoms with E-state index in [1.807, 2.05) is 64.1 Å². The Bertz CT molecular complexity index is 1410. The number of fused-ring (bicyclic) bond motifs is 1. The highest BCUT2D eigenvalue weighted by atomic mass is 32.1. The largest absolute Gasteiger partial charge is 0.493 e. The minimum atomic E-state index is -0.544. The lowest BCUT2D eigenvalue weighted by atomic mass is 10.1. The van der Waals surface area contributed by atoms with Crippen LogP contribution in [-0.4, -0.2) is 35.9 Å². The Kier molecular flexibility index (Phi) is 7.54. The summed E-state index contributed by atoms with van der Waals surface area (Å²) < 4.78 is 16.2. The van der Waals surface area contributed by atoms with Gasteiger partial charge in [0, 0.05) is 26.9 Å². The van der Waals surface area contributed by atoms with Crippen molar-refractivity contribution in [3.05, 3.63) is 59.2 Å². The number of aromatic nitrogens is 2. The van der Waals surface area contributed by atoms with Crippen LogP contribution in [0.2, 0.25) is 0 Å². The SMILES string of the molecule is COc1cc2nc(C)nc(NC(C)c3ccc(-c4ccc(NC(=O)OC(C)(C)C)cc4)s3)c2cc1OC. The van der Waals surface area contributed by atoms with Crippen molar-refractivity contribution in [2.45, 2.75) is 46.3 Å². The van der Waals surface area contributed by atoms with E-state index in [-0.39, 0.29) is 6.04 Å². The molecule has 0 aliphatic rings. The summed E-state index contributed by atoms with van der Waals surface area (Å²) in [5.74, 6) is 2.66. The van der Waals surface area contributed by atoms with Gasteiger partial charge in [0.05, 0.1) is 25.8 Å². The van der Waals surface area contributed by atoms with Gasteiger partial charge in [-0.1, -0.05) is 12.1 Å². The van der Waals surface area contributed by atoms with Crippen LogP contribution < -0.4 is 20.1 Å². The zero-order chi connectivity index (χ0) is 26.7. The molecule has 0 spiro atoms. The van der Waals surface area contributed by atoms with Crippen LogP contribution in [0.3, 0.4) is 0 Å². The fourth-order valence-electron chi connectivity index (χ4n) is 3.84. The number of thiophene rings is 1. The Hall–Kier alpha value is -3.85. The summed E-state index contributed by atoms with van der Waals surface area (Å²) in [7, 11) is 3.22. The molecule has 4 rings (SSSR count). The highest BCUT2D eigenvalue weighted by molar-refractivity contribution is 7.15. The topological polar surface area (TPSA) is 94.6 Å². The first-order chi connectivity index (χ1) is 17.6. The summed E-state index contributed by atoms with van der Waals surface area (Å²) in [6, 6.07) is 15.7. The molecule has 1 amide bonds. The molecule has 8 nitrogen and oxygen atoms in total. The predicted molar refractivity (Wildman–Crippen MR) is 149 cm³/mol. The second kappa shape index (κ2) is 10.6. The summed E-state index contributed by atoms with van der Waals surface area (Å²) in [5, 5.41) is 7.17. The van der Waals surface area contributed by atoms with Crippen molar-refractivity contribution in [3.63, 3.8) is 0 Å². The number of ether oxygens (including phenoxy) is 3. The maximum absolute atomic E-state index is 12.0. The van der Waals surface area contributed by atoms with Crippen LogP contribution in [0.1, 0.15) is 44.4 Å². The van der Waals surface area contributed by atoms with Gasteiger partial charge in [-0.05, 0) is 70.5 Å². The van der Waals surface area contributed by atoms with E-state index in [1.54, 1.807) is 25.6 Å². The van der Waals surface area contributed by atoms with Crippen molar-refractivity contribution in [1.82, 2.24) is 9.97 Å². The molecule has 0 radical (unpaired) electrons. The van der Waals surface area contributed by atoms with Crippen LogP contribution >= 0.6 is 11.3 Å². The van der Waals surface area contributed by atoms with Gasteiger partial charge < -0.3 is 19.5 Å². The highest BCUT2D eigenvalue weighted by Crippen LogP contribution is 2.37. The van der Waals surface area contributed by atoms with E-state index in [0.717, 1.165) is 32.0 Å². The summed E-state index contributed by atoms with van der Waals surface area (Å²) >= 11 is 1.70. The summed E-state index contributed by atoms with van der Waals surface area (Å²) in [6.45, 7) is 9.48. The molecular formula is C28H32N4O4S. The Morgan fingerprint density at radius 3 is 2.30 bits per heavy atom. The van der Waals surface area contributed by atoms with Crippen molar-refractivity contribution < 1.29 is 19.0 Å². The Labute approximate surface area is 221 Å².